The third-order valence-corrected chi connectivity index (χ3v) is 3.20. The van der Waals surface area contributed by atoms with Gasteiger partial charge in [0.05, 0.1) is 13.7 Å². The minimum absolute atomic E-state index is 0.142. The lowest BCUT2D eigenvalue weighted by Gasteiger charge is -2.20. The van der Waals surface area contributed by atoms with Crippen LogP contribution >= 0.6 is 0 Å². The molecule has 1 aromatic rings. The van der Waals surface area contributed by atoms with Gasteiger partial charge in [0.25, 0.3) is 0 Å². The third kappa shape index (κ3) is 3.77. The van der Waals surface area contributed by atoms with Crippen molar-refractivity contribution in [3.8, 4) is 11.5 Å². The molecule has 0 saturated carbocycles. The number of urea groups is 1. The van der Waals surface area contributed by atoms with E-state index in [0.29, 0.717) is 31.2 Å². The van der Waals surface area contributed by atoms with E-state index >= 15 is 0 Å². The first-order chi connectivity index (χ1) is 10.1. The van der Waals surface area contributed by atoms with E-state index in [1.807, 2.05) is 24.3 Å². The molecule has 114 valence electrons. The molecule has 1 saturated heterocycles. The predicted octanol–water partition coefficient (Wildman–Crippen LogP) is 0.214. The zero-order valence-corrected chi connectivity index (χ0v) is 12.1. The largest absolute Gasteiger partial charge is 0.493 e. The lowest BCUT2D eigenvalue weighted by molar-refractivity contribution is -0.131. The molecular weight excluding hydrogens is 274 g/mol. The molecule has 0 aromatic heterocycles. The Labute approximate surface area is 123 Å². The van der Waals surface area contributed by atoms with Crippen molar-refractivity contribution in [1.82, 2.24) is 15.5 Å². The molecule has 2 N–H and O–H groups in total. The Morgan fingerprint density at radius 1 is 1.38 bits per heavy atom. The fourth-order valence-corrected chi connectivity index (χ4v) is 2.01. The van der Waals surface area contributed by atoms with Crippen molar-refractivity contribution < 1.29 is 19.1 Å². The molecule has 1 aliphatic heterocycles. The maximum absolute atomic E-state index is 12.0. The summed E-state index contributed by atoms with van der Waals surface area (Å²) in [5.74, 6) is 1.15. The van der Waals surface area contributed by atoms with Crippen LogP contribution in [-0.2, 0) is 4.79 Å². The molecule has 21 heavy (non-hydrogen) atoms. The summed E-state index contributed by atoms with van der Waals surface area (Å²) in [4.78, 5) is 24.6. The van der Waals surface area contributed by atoms with Crippen LogP contribution in [0.1, 0.15) is 0 Å². The van der Waals surface area contributed by atoms with Crippen LogP contribution in [0.3, 0.4) is 0 Å². The standard InChI is InChI=1S/C14H19N3O4/c1-17(13(18)10-9-15-14(19)16-10)7-8-21-12-6-4-3-5-11(12)20-2/h3-6,10H,7-9H2,1-2H3,(H2,15,16,19)/t10-/m0/s1. The van der Waals surface area contributed by atoms with Crippen LogP contribution in [0.25, 0.3) is 0 Å². The maximum atomic E-state index is 12.0. The second-order valence-electron chi connectivity index (χ2n) is 4.67. The van der Waals surface area contributed by atoms with E-state index in [2.05, 4.69) is 10.6 Å². The van der Waals surface area contributed by atoms with Gasteiger partial charge in [-0.15, -0.1) is 0 Å². The van der Waals surface area contributed by atoms with Crippen LogP contribution < -0.4 is 20.1 Å². The molecular formula is C14H19N3O4. The lowest BCUT2D eigenvalue weighted by Crippen LogP contribution is -2.45. The number of nitrogens with one attached hydrogen (secondary N) is 2. The normalized spacial score (nSPS) is 16.9. The molecule has 0 spiro atoms. The minimum atomic E-state index is -0.506. The van der Waals surface area contributed by atoms with Crippen LogP contribution in [0.5, 0.6) is 11.5 Å². The number of likely N-dealkylation sites (N-methyl/N-ethyl adjacent to an activating group) is 1. The fourth-order valence-electron chi connectivity index (χ4n) is 2.01. The Morgan fingerprint density at radius 2 is 2.10 bits per heavy atom. The Hall–Kier alpha value is -2.44. The van der Waals surface area contributed by atoms with Crippen LogP contribution in [0.15, 0.2) is 24.3 Å². The number of carbonyl (C=O) groups is 2. The maximum Gasteiger partial charge on any atom is 0.315 e. The van der Waals surface area contributed by atoms with Crippen molar-refractivity contribution in [1.29, 1.82) is 0 Å². The van der Waals surface area contributed by atoms with Crippen molar-refractivity contribution in [3.05, 3.63) is 24.3 Å². The molecule has 7 nitrogen and oxygen atoms in total. The predicted molar refractivity (Wildman–Crippen MR) is 76.4 cm³/mol. The minimum Gasteiger partial charge on any atom is -0.493 e. The van der Waals surface area contributed by atoms with E-state index in [0.717, 1.165) is 0 Å². The Morgan fingerprint density at radius 3 is 2.71 bits per heavy atom. The van der Waals surface area contributed by atoms with Gasteiger partial charge in [-0.2, -0.15) is 0 Å². The number of benzene rings is 1. The van der Waals surface area contributed by atoms with Gasteiger partial charge < -0.3 is 25.0 Å². The van der Waals surface area contributed by atoms with Gasteiger partial charge in [0, 0.05) is 13.6 Å². The molecule has 1 aromatic carbocycles. The second kappa shape index (κ2) is 6.83. The van der Waals surface area contributed by atoms with Crippen LogP contribution in [0.2, 0.25) is 0 Å². The molecule has 1 atom stereocenters. The first-order valence-corrected chi connectivity index (χ1v) is 6.67. The van der Waals surface area contributed by atoms with Crippen LogP contribution in [0, 0.1) is 0 Å². The second-order valence-corrected chi connectivity index (χ2v) is 4.67. The summed E-state index contributed by atoms with van der Waals surface area (Å²) in [5, 5.41) is 5.12. The topological polar surface area (TPSA) is 79.9 Å². The zero-order chi connectivity index (χ0) is 15.2. The van der Waals surface area contributed by atoms with E-state index in [9.17, 15) is 9.59 Å². The highest BCUT2D eigenvalue weighted by molar-refractivity contribution is 5.90. The number of para-hydroxylation sites is 2. The molecule has 2 rings (SSSR count). The summed E-state index contributed by atoms with van der Waals surface area (Å²) in [6.45, 7) is 1.08. The molecule has 0 unspecified atom stereocenters. The summed E-state index contributed by atoms with van der Waals surface area (Å²) in [5.41, 5.74) is 0. The number of hydrogen-bond acceptors (Lipinski definition) is 4. The van der Waals surface area contributed by atoms with E-state index in [4.69, 9.17) is 9.47 Å². The van der Waals surface area contributed by atoms with Crippen molar-refractivity contribution in [2.75, 3.05) is 33.9 Å². The summed E-state index contributed by atoms with van der Waals surface area (Å²) in [6, 6.07) is 6.51. The Balaban J connectivity index is 1.80. The molecule has 3 amide bonds. The molecule has 1 fully saturated rings. The molecule has 0 bridgehead atoms. The highest BCUT2D eigenvalue weighted by Gasteiger charge is 2.28. The first kappa shape index (κ1) is 15.0. The summed E-state index contributed by atoms with van der Waals surface area (Å²) >= 11 is 0. The van der Waals surface area contributed by atoms with Gasteiger partial charge in [0.1, 0.15) is 12.6 Å². The molecule has 0 aliphatic carbocycles. The van der Waals surface area contributed by atoms with Crippen molar-refractivity contribution >= 4 is 11.9 Å². The Kier molecular flexibility index (Phi) is 4.86. The van der Waals surface area contributed by atoms with Gasteiger partial charge in [-0.1, -0.05) is 12.1 Å². The smallest absolute Gasteiger partial charge is 0.315 e. The van der Waals surface area contributed by atoms with E-state index in [1.165, 1.54) is 4.90 Å². The lowest BCUT2D eigenvalue weighted by atomic mass is 10.3. The van der Waals surface area contributed by atoms with Gasteiger partial charge >= 0.3 is 6.03 Å². The number of carbonyl (C=O) groups excluding carboxylic acids is 2. The number of ether oxygens (including phenoxy) is 2. The highest BCUT2D eigenvalue weighted by atomic mass is 16.5. The van der Waals surface area contributed by atoms with E-state index in [1.54, 1.807) is 14.2 Å². The average Bonchev–Trinajstić information content (AvgIpc) is 2.93. The summed E-state index contributed by atoms with van der Waals surface area (Å²) in [6.07, 6.45) is 0. The van der Waals surface area contributed by atoms with Gasteiger partial charge in [0.2, 0.25) is 5.91 Å². The molecule has 1 aliphatic rings. The zero-order valence-electron chi connectivity index (χ0n) is 12.1. The summed E-state index contributed by atoms with van der Waals surface area (Å²) < 4.78 is 10.8. The van der Waals surface area contributed by atoms with Crippen molar-refractivity contribution in [2.45, 2.75) is 6.04 Å². The van der Waals surface area contributed by atoms with E-state index < -0.39 is 6.04 Å². The average molecular weight is 293 g/mol. The van der Waals surface area contributed by atoms with Gasteiger partial charge in [-0.25, -0.2) is 4.79 Å². The quantitative estimate of drug-likeness (QED) is 0.786. The van der Waals surface area contributed by atoms with Crippen LogP contribution in [0.4, 0.5) is 4.79 Å². The molecule has 7 heteroatoms. The van der Waals surface area contributed by atoms with Crippen LogP contribution in [-0.4, -0.2) is 56.7 Å². The van der Waals surface area contributed by atoms with E-state index in [-0.39, 0.29) is 11.9 Å². The number of amides is 3. The fraction of sp³-hybridized carbons (Fsp3) is 0.429. The highest BCUT2D eigenvalue weighted by Crippen LogP contribution is 2.25. The van der Waals surface area contributed by atoms with Gasteiger partial charge in [-0.05, 0) is 12.1 Å². The van der Waals surface area contributed by atoms with Crippen molar-refractivity contribution in [2.24, 2.45) is 0 Å². The molecule has 0 radical (unpaired) electrons. The SMILES string of the molecule is COc1ccccc1OCCN(C)C(=O)[C@@H]1CNC(=O)N1. The Bertz CT molecular complexity index is 521. The number of hydrogen-bond donors (Lipinski definition) is 2. The summed E-state index contributed by atoms with van der Waals surface area (Å²) in [7, 11) is 3.26. The van der Waals surface area contributed by atoms with Gasteiger partial charge in [-0.3, -0.25) is 4.79 Å². The number of rotatable bonds is 6. The van der Waals surface area contributed by atoms with Gasteiger partial charge in [0.15, 0.2) is 11.5 Å². The third-order valence-electron chi connectivity index (χ3n) is 3.20. The monoisotopic (exact) mass is 293 g/mol. The number of nitrogens with zero attached hydrogens (tertiary/aromatic N) is 1. The molecule has 1 heterocycles. The first-order valence-electron chi connectivity index (χ1n) is 6.67. The number of methoxy groups -OCH3 is 1. The van der Waals surface area contributed by atoms with Crippen molar-refractivity contribution in [3.63, 3.8) is 0 Å².